The molecular formula is C16H30N2O3. The Labute approximate surface area is 127 Å². The van der Waals surface area contributed by atoms with Gasteiger partial charge in [-0.15, -0.1) is 0 Å². The zero-order valence-corrected chi connectivity index (χ0v) is 13.2. The largest absolute Gasteiger partial charge is 0.396 e. The highest BCUT2D eigenvalue weighted by molar-refractivity contribution is 5.75. The van der Waals surface area contributed by atoms with Crippen molar-refractivity contribution >= 4 is 11.8 Å². The predicted molar refractivity (Wildman–Crippen MR) is 82.8 cm³/mol. The molecule has 0 aromatic heterocycles. The second-order valence-corrected chi connectivity index (χ2v) is 6.29. The summed E-state index contributed by atoms with van der Waals surface area (Å²) in [5.41, 5.74) is -0.0840. The highest BCUT2D eigenvalue weighted by atomic mass is 16.3. The average molecular weight is 298 g/mol. The summed E-state index contributed by atoms with van der Waals surface area (Å²) in [4.78, 5) is 22.5. The van der Waals surface area contributed by atoms with E-state index in [0.29, 0.717) is 19.5 Å². The number of nitrogens with one attached hydrogen (secondary N) is 2. The van der Waals surface area contributed by atoms with Gasteiger partial charge in [-0.1, -0.05) is 25.7 Å². The number of hydrogen-bond acceptors (Lipinski definition) is 3. The first-order chi connectivity index (χ1) is 10.1. The predicted octanol–water partition coefficient (Wildman–Crippen LogP) is 1.74. The van der Waals surface area contributed by atoms with Crippen molar-refractivity contribution in [3.05, 3.63) is 0 Å². The van der Waals surface area contributed by atoms with Crippen molar-refractivity contribution in [1.82, 2.24) is 10.6 Å². The van der Waals surface area contributed by atoms with Crippen LogP contribution in [0, 0.1) is 5.41 Å². The van der Waals surface area contributed by atoms with Crippen molar-refractivity contribution in [3.8, 4) is 0 Å². The molecule has 5 heteroatoms. The van der Waals surface area contributed by atoms with Crippen LogP contribution in [0.15, 0.2) is 0 Å². The normalized spacial score (nSPS) is 17.2. The topological polar surface area (TPSA) is 78.4 Å². The summed E-state index contributed by atoms with van der Waals surface area (Å²) in [5.74, 6) is 0.0717. The first kappa shape index (κ1) is 18.0. The Balaban J connectivity index is 2.09. The van der Waals surface area contributed by atoms with Crippen LogP contribution < -0.4 is 10.6 Å². The maximum atomic E-state index is 11.8. The minimum atomic E-state index is -0.0840. The molecule has 0 unspecified atom stereocenters. The molecule has 0 bridgehead atoms. The third kappa shape index (κ3) is 7.46. The molecule has 0 radical (unpaired) electrons. The van der Waals surface area contributed by atoms with E-state index in [0.717, 1.165) is 44.9 Å². The lowest BCUT2D eigenvalue weighted by Gasteiger charge is -2.35. The molecule has 0 atom stereocenters. The molecule has 0 aromatic carbocycles. The Morgan fingerprint density at radius 3 is 2.38 bits per heavy atom. The highest BCUT2D eigenvalue weighted by Crippen LogP contribution is 2.35. The molecule has 5 nitrogen and oxygen atoms in total. The van der Waals surface area contributed by atoms with Crippen LogP contribution in [0.25, 0.3) is 0 Å². The van der Waals surface area contributed by atoms with Crippen LogP contribution in [0.1, 0.15) is 64.7 Å². The Hall–Kier alpha value is -1.10. The molecule has 1 aliphatic carbocycles. The summed E-state index contributed by atoms with van der Waals surface area (Å²) in [5, 5.41) is 15.3. The fourth-order valence-electron chi connectivity index (χ4n) is 2.92. The summed E-state index contributed by atoms with van der Waals surface area (Å²) in [6.45, 7) is 2.97. The Morgan fingerprint density at radius 1 is 1.05 bits per heavy atom. The molecule has 21 heavy (non-hydrogen) atoms. The second-order valence-electron chi connectivity index (χ2n) is 6.29. The lowest BCUT2D eigenvalue weighted by molar-refractivity contribution is -0.122. The van der Waals surface area contributed by atoms with Crippen molar-refractivity contribution in [2.45, 2.75) is 64.7 Å². The van der Waals surface area contributed by atoms with Gasteiger partial charge < -0.3 is 15.7 Å². The number of rotatable bonds is 9. The van der Waals surface area contributed by atoms with Gasteiger partial charge in [-0.05, 0) is 25.7 Å². The first-order valence-electron chi connectivity index (χ1n) is 8.20. The molecular weight excluding hydrogens is 268 g/mol. The molecule has 0 spiro atoms. The van der Waals surface area contributed by atoms with Gasteiger partial charge >= 0.3 is 0 Å². The van der Waals surface area contributed by atoms with E-state index in [1.165, 1.54) is 13.3 Å². The molecule has 3 N–H and O–H groups in total. The number of carbonyl (C=O) groups excluding carboxylic acids is 2. The lowest BCUT2D eigenvalue weighted by Crippen LogP contribution is -2.41. The molecule has 2 amide bonds. The van der Waals surface area contributed by atoms with E-state index in [2.05, 4.69) is 10.6 Å². The van der Waals surface area contributed by atoms with Crippen LogP contribution in [0.5, 0.6) is 0 Å². The van der Waals surface area contributed by atoms with E-state index >= 15 is 0 Å². The number of amides is 2. The van der Waals surface area contributed by atoms with Crippen LogP contribution in [-0.4, -0.2) is 36.6 Å². The van der Waals surface area contributed by atoms with E-state index in [9.17, 15) is 14.7 Å². The molecule has 0 saturated heterocycles. The van der Waals surface area contributed by atoms with Gasteiger partial charge in [-0.3, -0.25) is 9.59 Å². The number of hydrogen-bond donors (Lipinski definition) is 3. The maximum Gasteiger partial charge on any atom is 0.220 e. The molecule has 0 aliphatic heterocycles. The summed E-state index contributed by atoms with van der Waals surface area (Å²) in [7, 11) is 0. The van der Waals surface area contributed by atoms with E-state index < -0.39 is 0 Å². The fourth-order valence-corrected chi connectivity index (χ4v) is 2.92. The molecule has 1 aliphatic rings. The van der Waals surface area contributed by atoms with E-state index in [-0.39, 0.29) is 23.8 Å². The minimum absolute atomic E-state index is 0.00507. The smallest absolute Gasteiger partial charge is 0.220 e. The first-order valence-corrected chi connectivity index (χ1v) is 8.20. The minimum Gasteiger partial charge on any atom is -0.396 e. The number of carbonyl (C=O) groups is 2. The molecule has 0 heterocycles. The Kier molecular flexibility index (Phi) is 8.35. The summed E-state index contributed by atoms with van der Waals surface area (Å²) in [6.07, 6.45) is 8.80. The van der Waals surface area contributed by atoms with Gasteiger partial charge in [-0.2, -0.15) is 0 Å². The van der Waals surface area contributed by atoms with Crippen molar-refractivity contribution in [1.29, 1.82) is 0 Å². The summed E-state index contributed by atoms with van der Waals surface area (Å²) >= 11 is 0. The van der Waals surface area contributed by atoms with Gasteiger partial charge in [0.15, 0.2) is 0 Å². The van der Waals surface area contributed by atoms with Crippen LogP contribution in [0.3, 0.4) is 0 Å². The van der Waals surface area contributed by atoms with E-state index in [1.54, 1.807) is 0 Å². The fraction of sp³-hybridized carbons (Fsp3) is 0.875. The van der Waals surface area contributed by atoms with Crippen molar-refractivity contribution in [2.24, 2.45) is 5.41 Å². The maximum absolute atomic E-state index is 11.8. The van der Waals surface area contributed by atoms with Gasteiger partial charge in [0.2, 0.25) is 11.8 Å². The van der Waals surface area contributed by atoms with Gasteiger partial charge in [0.05, 0.1) is 6.61 Å². The molecule has 122 valence electrons. The third-order valence-corrected chi connectivity index (χ3v) is 4.36. The van der Waals surface area contributed by atoms with Crippen molar-refractivity contribution in [2.75, 3.05) is 19.7 Å². The molecule has 1 fully saturated rings. The molecule has 1 saturated carbocycles. The quantitative estimate of drug-likeness (QED) is 0.567. The van der Waals surface area contributed by atoms with Gasteiger partial charge in [0, 0.05) is 31.8 Å². The van der Waals surface area contributed by atoms with Crippen molar-refractivity contribution < 1.29 is 14.7 Å². The lowest BCUT2D eigenvalue weighted by atomic mass is 9.74. The molecule has 1 rings (SSSR count). The zero-order valence-electron chi connectivity index (χ0n) is 13.2. The Bertz CT molecular complexity index is 325. The van der Waals surface area contributed by atoms with Crippen LogP contribution in [0.4, 0.5) is 0 Å². The standard InChI is InChI=1S/C16H30N2O3/c1-14(20)17-11-7-2-4-8-15(21)18-12-16(13-19)9-5-3-6-10-16/h19H,2-13H2,1H3,(H,17,20)(H,18,21). The van der Waals surface area contributed by atoms with Gasteiger partial charge in [-0.25, -0.2) is 0 Å². The van der Waals surface area contributed by atoms with Crippen LogP contribution in [-0.2, 0) is 9.59 Å². The Morgan fingerprint density at radius 2 is 1.76 bits per heavy atom. The summed E-state index contributed by atoms with van der Waals surface area (Å²) in [6, 6.07) is 0. The van der Waals surface area contributed by atoms with Crippen LogP contribution in [0.2, 0.25) is 0 Å². The zero-order chi connectivity index (χ0) is 15.6. The van der Waals surface area contributed by atoms with Gasteiger partial charge in [0.25, 0.3) is 0 Å². The monoisotopic (exact) mass is 298 g/mol. The van der Waals surface area contributed by atoms with E-state index in [4.69, 9.17) is 0 Å². The van der Waals surface area contributed by atoms with E-state index in [1.807, 2.05) is 0 Å². The number of aliphatic hydroxyl groups is 1. The second kappa shape index (κ2) is 9.77. The highest BCUT2D eigenvalue weighted by Gasteiger charge is 2.31. The summed E-state index contributed by atoms with van der Waals surface area (Å²) < 4.78 is 0. The number of unbranched alkanes of at least 4 members (excludes halogenated alkanes) is 2. The van der Waals surface area contributed by atoms with Crippen LogP contribution >= 0.6 is 0 Å². The SMILES string of the molecule is CC(=O)NCCCCCC(=O)NCC1(CO)CCCCC1. The molecule has 0 aromatic rings. The van der Waals surface area contributed by atoms with Gasteiger partial charge in [0.1, 0.15) is 0 Å². The average Bonchev–Trinajstić information content (AvgIpc) is 2.49. The third-order valence-electron chi connectivity index (χ3n) is 4.36. The number of aliphatic hydroxyl groups excluding tert-OH is 1. The van der Waals surface area contributed by atoms with Crippen molar-refractivity contribution in [3.63, 3.8) is 0 Å².